The summed E-state index contributed by atoms with van der Waals surface area (Å²) in [5.41, 5.74) is 0.767. The Morgan fingerprint density at radius 1 is 1.22 bits per heavy atom. The molecule has 6 nitrogen and oxygen atoms in total. The Hall–Kier alpha value is -2.45. The van der Waals surface area contributed by atoms with E-state index >= 15 is 0 Å². The summed E-state index contributed by atoms with van der Waals surface area (Å²) in [5, 5.41) is 4.93. The Balaban J connectivity index is 1.74. The molecule has 0 fully saturated rings. The molecule has 8 heteroatoms. The minimum absolute atomic E-state index is 0.198. The van der Waals surface area contributed by atoms with E-state index in [-0.39, 0.29) is 16.5 Å². The van der Waals surface area contributed by atoms with Crippen LogP contribution in [-0.2, 0) is 9.84 Å². The number of carbonyl (C=O) groups is 1. The lowest BCUT2D eigenvalue weighted by atomic mass is 10.3. The van der Waals surface area contributed by atoms with E-state index in [1.54, 1.807) is 23.8 Å². The van der Waals surface area contributed by atoms with E-state index in [4.69, 9.17) is 4.42 Å². The molecule has 3 rings (SSSR count). The van der Waals surface area contributed by atoms with Crippen molar-refractivity contribution in [1.29, 1.82) is 0 Å². The van der Waals surface area contributed by atoms with Crippen molar-refractivity contribution in [3.05, 3.63) is 53.7 Å². The third-order valence-corrected chi connectivity index (χ3v) is 4.99. The van der Waals surface area contributed by atoms with Crippen LogP contribution in [0, 0.1) is 0 Å². The van der Waals surface area contributed by atoms with Gasteiger partial charge in [0.1, 0.15) is 5.69 Å². The Labute approximate surface area is 136 Å². The van der Waals surface area contributed by atoms with Crippen LogP contribution in [0.15, 0.2) is 57.4 Å². The van der Waals surface area contributed by atoms with Crippen molar-refractivity contribution < 1.29 is 17.6 Å². The fourth-order valence-corrected chi connectivity index (χ4v) is 3.27. The van der Waals surface area contributed by atoms with Crippen molar-refractivity contribution in [3.63, 3.8) is 0 Å². The molecule has 1 aromatic carbocycles. The van der Waals surface area contributed by atoms with Crippen LogP contribution in [-0.4, -0.2) is 25.6 Å². The number of hydrogen-bond acceptors (Lipinski definition) is 6. The van der Waals surface area contributed by atoms with Gasteiger partial charge in [-0.15, -0.1) is 11.3 Å². The number of anilines is 1. The lowest BCUT2D eigenvalue weighted by molar-refractivity contribution is 0.102. The van der Waals surface area contributed by atoms with Gasteiger partial charge < -0.3 is 9.73 Å². The van der Waals surface area contributed by atoms with E-state index in [2.05, 4.69) is 10.3 Å². The van der Waals surface area contributed by atoms with Gasteiger partial charge in [-0.1, -0.05) is 0 Å². The Kier molecular flexibility index (Phi) is 4.01. The number of nitrogens with one attached hydrogen (secondary N) is 1. The Bertz CT molecular complexity index is 926. The fourth-order valence-electron chi connectivity index (χ4n) is 1.87. The quantitative estimate of drug-likeness (QED) is 0.783. The third kappa shape index (κ3) is 3.49. The van der Waals surface area contributed by atoms with Crippen LogP contribution in [0.3, 0.4) is 0 Å². The molecule has 0 saturated carbocycles. The molecule has 0 aliphatic carbocycles. The zero-order valence-electron chi connectivity index (χ0n) is 12.0. The molecule has 0 aliphatic heterocycles. The second-order valence-corrected chi connectivity index (χ2v) is 7.64. The summed E-state index contributed by atoms with van der Waals surface area (Å²) in [4.78, 5) is 16.6. The summed E-state index contributed by atoms with van der Waals surface area (Å²) in [6.07, 6.45) is 2.67. The van der Waals surface area contributed by atoms with Gasteiger partial charge in [0.25, 0.3) is 5.91 Å². The van der Waals surface area contributed by atoms with Gasteiger partial charge in [-0.3, -0.25) is 4.79 Å². The normalized spacial score (nSPS) is 11.3. The molecule has 1 N–H and O–H groups in total. The number of sulfone groups is 1. The molecule has 0 bridgehead atoms. The maximum atomic E-state index is 12.2. The van der Waals surface area contributed by atoms with E-state index in [1.807, 2.05) is 0 Å². The van der Waals surface area contributed by atoms with Crippen molar-refractivity contribution in [2.75, 3.05) is 11.6 Å². The first kappa shape index (κ1) is 15.4. The highest BCUT2D eigenvalue weighted by molar-refractivity contribution is 7.90. The maximum absolute atomic E-state index is 12.2. The summed E-state index contributed by atoms with van der Waals surface area (Å²) in [6.45, 7) is 0. The van der Waals surface area contributed by atoms with E-state index in [0.29, 0.717) is 16.5 Å². The predicted molar refractivity (Wildman–Crippen MR) is 87.3 cm³/mol. The van der Waals surface area contributed by atoms with Gasteiger partial charge in [-0.2, -0.15) is 0 Å². The second-order valence-electron chi connectivity index (χ2n) is 4.77. The van der Waals surface area contributed by atoms with Crippen LogP contribution in [0.5, 0.6) is 0 Å². The minimum atomic E-state index is -3.26. The van der Waals surface area contributed by atoms with Crippen molar-refractivity contribution in [2.45, 2.75) is 4.90 Å². The Morgan fingerprint density at radius 3 is 2.57 bits per heavy atom. The molecule has 0 radical (unpaired) electrons. The average Bonchev–Trinajstić information content (AvgIpc) is 3.18. The van der Waals surface area contributed by atoms with Gasteiger partial charge in [0.15, 0.2) is 20.6 Å². The summed E-state index contributed by atoms with van der Waals surface area (Å²) in [7, 11) is -3.26. The van der Waals surface area contributed by atoms with Crippen molar-refractivity contribution in [1.82, 2.24) is 4.98 Å². The molecule has 0 aliphatic rings. The minimum Gasteiger partial charge on any atom is -0.462 e. The largest absolute Gasteiger partial charge is 0.462 e. The lowest BCUT2D eigenvalue weighted by Crippen LogP contribution is -2.12. The van der Waals surface area contributed by atoms with Gasteiger partial charge in [0, 0.05) is 17.3 Å². The molecular formula is C15H12N2O4S2. The number of nitrogens with zero attached hydrogens (tertiary/aromatic N) is 1. The highest BCUT2D eigenvalue weighted by atomic mass is 32.2. The first-order valence-corrected chi connectivity index (χ1v) is 9.31. The smallest absolute Gasteiger partial charge is 0.275 e. The van der Waals surface area contributed by atoms with Crippen LogP contribution < -0.4 is 5.32 Å². The second kappa shape index (κ2) is 5.98. The lowest BCUT2D eigenvalue weighted by Gasteiger charge is -2.04. The number of carbonyl (C=O) groups excluding carboxylic acids is 1. The molecule has 2 heterocycles. The number of rotatable bonds is 4. The summed E-state index contributed by atoms with van der Waals surface area (Å²) in [5.74, 6) is 0.234. The molecular weight excluding hydrogens is 336 g/mol. The van der Waals surface area contributed by atoms with E-state index < -0.39 is 9.84 Å². The van der Waals surface area contributed by atoms with Gasteiger partial charge in [-0.05, 0) is 36.4 Å². The molecule has 1 amide bonds. The first-order valence-electron chi connectivity index (χ1n) is 6.54. The highest BCUT2D eigenvalue weighted by Gasteiger charge is 2.14. The van der Waals surface area contributed by atoms with Crippen molar-refractivity contribution >= 4 is 32.8 Å². The molecule has 2 aromatic heterocycles. The van der Waals surface area contributed by atoms with Crippen LogP contribution in [0.2, 0.25) is 0 Å². The van der Waals surface area contributed by atoms with Crippen LogP contribution >= 0.6 is 11.3 Å². The van der Waals surface area contributed by atoms with Gasteiger partial charge in [-0.25, -0.2) is 13.4 Å². The summed E-state index contributed by atoms with van der Waals surface area (Å²) in [6, 6.07) is 9.48. The van der Waals surface area contributed by atoms with Crippen molar-refractivity contribution in [3.8, 4) is 10.8 Å². The van der Waals surface area contributed by atoms with E-state index in [1.165, 1.54) is 35.6 Å². The standard InChI is InChI=1S/C15H12N2O4S2/c1-23(19,20)11-6-4-10(5-7-11)16-14(18)12-9-22-15(17-12)13-3-2-8-21-13/h2-9H,1H3,(H,16,18). The van der Waals surface area contributed by atoms with Crippen LogP contribution in [0.4, 0.5) is 5.69 Å². The van der Waals surface area contributed by atoms with Gasteiger partial charge in [0.2, 0.25) is 0 Å². The van der Waals surface area contributed by atoms with Crippen molar-refractivity contribution in [2.24, 2.45) is 0 Å². The van der Waals surface area contributed by atoms with E-state index in [0.717, 1.165) is 6.26 Å². The first-order chi connectivity index (χ1) is 10.9. The topological polar surface area (TPSA) is 89.3 Å². The predicted octanol–water partition coefficient (Wildman–Crippen LogP) is 3.06. The monoisotopic (exact) mass is 348 g/mol. The molecule has 0 unspecified atom stereocenters. The SMILES string of the molecule is CS(=O)(=O)c1ccc(NC(=O)c2csc(-c3ccco3)n2)cc1. The zero-order chi connectivity index (χ0) is 16.4. The van der Waals surface area contributed by atoms with Gasteiger partial charge >= 0.3 is 0 Å². The highest BCUT2D eigenvalue weighted by Crippen LogP contribution is 2.24. The Morgan fingerprint density at radius 2 is 1.96 bits per heavy atom. The van der Waals surface area contributed by atoms with E-state index in [9.17, 15) is 13.2 Å². The molecule has 3 aromatic rings. The third-order valence-electron chi connectivity index (χ3n) is 3.01. The molecule has 0 atom stereocenters. The number of furan rings is 1. The maximum Gasteiger partial charge on any atom is 0.275 e. The number of aromatic nitrogens is 1. The molecule has 0 saturated heterocycles. The van der Waals surface area contributed by atoms with Crippen LogP contribution in [0.25, 0.3) is 10.8 Å². The average molecular weight is 348 g/mol. The molecule has 118 valence electrons. The zero-order valence-corrected chi connectivity index (χ0v) is 13.6. The molecule has 0 spiro atoms. The summed E-state index contributed by atoms with van der Waals surface area (Å²) >= 11 is 1.31. The number of hydrogen-bond donors (Lipinski definition) is 1. The fraction of sp³-hybridized carbons (Fsp3) is 0.0667. The number of benzene rings is 1. The molecule has 23 heavy (non-hydrogen) atoms. The summed E-state index contributed by atoms with van der Waals surface area (Å²) < 4.78 is 28.0. The van der Waals surface area contributed by atoms with Crippen LogP contribution in [0.1, 0.15) is 10.5 Å². The van der Waals surface area contributed by atoms with Gasteiger partial charge in [0.05, 0.1) is 11.2 Å². The number of amides is 1. The number of thiazole rings is 1.